The molecular weight excluding hydrogens is 200 g/mol. The molecule has 0 amide bonds. The van der Waals surface area contributed by atoms with E-state index in [2.05, 4.69) is 31.0 Å². The molecule has 0 atom stereocenters. The number of phenols is 1. The van der Waals surface area contributed by atoms with E-state index in [1.807, 2.05) is 18.2 Å². The lowest BCUT2D eigenvalue weighted by Crippen LogP contribution is -2.11. The van der Waals surface area contributed by atoms with Crippen LogP contribution in [-0.2, 0) is 5.41 Å². The zero-order chi connectivity index (χ0) is 11.8. The average Bonchev–Trinajstić information content (AvgIpc) is 2.67. The first-order chi connectivity index (χ1) is 7.47. The van der Waals surface area contributed by atoms with Gasteiger partial charge in [0.1, 0.15) is 5.75 Å². The summed E-state index contributed by atoms with van der Waals surface area (Å²) in [4.78, 5) is 0. The molecular formula is C13H16N2O. The van der Waals surface area contributed by atoms with Gasteiger partial charge in [-0.05, 0) is 30.3 Å². The van der Waals surface area contributed by atoms with E-state index >= 15 is 0 Å². The summed E-state index contributed by atoms with van der Waals surface area (Å²) in [6, 6.07) is 9.10. The zero-order valence-corrected chi connectivity index (χ0v) is 9.78. The summed E-state index contributed by atoms with van der Waals surface area (Å²) in [6.45, 7) is 6.42. The summed E-state index contributed by atoms with van der Waals surface area (Å²) in [7, 11) is 0. The van der Waals surface area contributed by atoms with Crippen molar-refractivity contribution in [3.05, 3.63) is 36.0 Å². The molecule has 1 aromatic carbocycles. The highest BCUT2D eigenvalue weighted by Gasteiger charge is 2.16. The molecule has 84 valence electrons. The van der Waals surface area contributed by atoms with Gasteiger partial charge in [0.25, 0.3) is 0 Å². The Balaban J connectivity index is 2.35. The Hall–Kier alpha value is -1.77. The Kier molecular flexibility index (Phi) is 2.46. The average molecular weight is 216 g/mol. The van der Waals surface area contributed by atoms with E-state index in [0.717, 1.165) is 17.0 Å². The number of hydrogen-bond acceptors (Lipinski definition) is 2. The summed E-state index contributed by atoms with van der Waals surface area (Å²) >= 11 is 0. The van der Waals surface area contributed by atoms with Gasteiger partial charge in [-0.1, -0.05) is 20.8 Å². The van der Waals surface area contributed by atoms with Crippen LogP contribution in [0.25, 0.3) is 11.3 Å². The second kappa shape index (κ2) is 3.67. The van der Waals surface area contributed by atoms with Crippen LogP contribution in [0.1, 0.15) is 26.5 Å². The summed E-state index contributed by atoms with van der Waals surface area (Å²) < 4.78 is 0. The third kappa shape index (κ3) is 2.08. The van der Waals surface area contributed by atoms with Crippen LogP contribution in [0.5, 0.6) is 5.75 Å². The number of phenolic OH excluding ortho intramolecular Hbond substituents is 1. The number of benzene rings is 1. The number of aromatic nitrogens is 2. The molecule has 3 nitrogen and oxygen atoms in total. The van der Waals surface area contributed by atoms with E-state index in [9.17, 15) is 5.11 Å². The monoisotopic (exact) mass is 216 g/mol. The van der Waals surface area contributed by atoms with Crippen LogP contribution < -0.4 is 0 Å². The second-order valence-electron chi connectivity index (χ2n) is 4.96. The molecule has 0 saturated carbocycles. The maximum atomic E-state index is 9.21. The van der Waals surface area contributed by atoms with E-state index < -0.39 is 0 Å². The van der Waals surface area contributed by atoms with Crippen molar-refractivity contribution in [2.45, 2.75) is 26.2 Å². The summed E-state index contributed by atoms with van der Waals surface area (Å²) in [6.07, 6.45) is 0. The minimum atomic E-state index is 0.0716. The van der Waals surface area contributed by atoms with Crippen LogP contribution >= 0.6 is 0 Å². The van der Waals surface area contributed by atoms with Crippen LogP contribution in [-0.4, -0.2) is 15.3 Å². The minimum absolute atomic E-state index is 0.0716. The number of aromatic amines is 1. The summed E-state index contributed by atoms with van der Waals surface area (Å²) in [5, 5.41) is 16.5. The molecule has 2 N–H and O–H groups in total. The lowest BCUT2D eigenvalue weighted by atomic mass is 9.92. The Labute approximate surface area is 95.1 Å². The standard InChI is InChI=1S/C13H16N2O/c1-13(2,3)12-8-11(14-15-12)9-4-6-10(16)7-5-9/h4-8,16H,1-3H3,(H,14,15). The lowest BCUT2D eigenvalue weighted by Gasteiger charge is -2.14. The van der Waals surface area contributed by atoms with Crippen LogP contribution in [0.15, 0.2) is 30.3 Å². The molecule has 0 radical (unpaired) electrons. The van der Waals surface area contributed by atoms with Crippen molar-refractivity contribution >= 4 is 0 Å². The molecule has 1 aromatic heterocycles. The van der Waals surface area contributed by atoms with Gasteiger partial charge >= 0.3 is 0 Å². The van der Waals surface area contributed by atoms with E-state index in [-0.39, 0.29) is 11.2 Å². The Morgan fingerprint density at radius 1 is 1.12 bits per heavy atom. The van der Waals surface area contributed by atoms with E-state index in [4.69, 9.17) is 0 Å². The molecule has 0 spiro atoms. The van der Waals surface area contributed by atoms with Gasteiger partial charge in [-0.2, -0.15) is 5.10 Å². The van der Waals surface area contributed by atoms with Gasteiger partial charge in [0.05, 0.1) is 5.69 Å². The predicted octanol–water partition coefficient (Wildman–Crippen LogP) is 3.08. The number of nitrogens with one attached hydrogen (secondary N) is 1. The third-order valence-electron chi connectivity index (χ3n) is 2.55. The number of nitrogens with zero attached hydrogens (tertiary/aromatic N) is 1. The third-order valence-corrected chi connectivity index (χ3v) is 2.55. The first-order valence-corrected chi connectivity index (χ1v) is 5.32. The zero-order valence-electron chi connectivity index (χ0n) is 9.78. The molecule has 2 rings (SSSR count). The quantitative estimate of drug-likeness (QED) is 0.769. The summed E-state index contributed by atoms with van der Waals surface area (Å²) in [5.74, 6) is 0.273. The largest absolute Gasteiger partial charge is 0.508 e. The molecule has 0 aliphatic carbocycles. The fraction of sp³-hybridized carbons (Fsp3) is 0.308. The Bertz CT molecular complexity index is 477. The van der Waals surface area contributed by atoms with Gasteiger partial charge in [-0.15, -0.1) is 0 Å². The smallest absolute Gasteiger partial charge is 0.115 e. The van der Waals surface area contributed by atoms with Gasteiger partial charge in [0.15, 0.2) is 0 Å². The first kappa shape index (κ1) is 10.7. The number of H-pyrrole nitrogens is 1. The fourth-order valence-corrected chi connectivity index (χ4v) is 1.49. The molecule has 0 unspecified atom stereocenters. The molecule has 0 saturated heterocycles. The van der Waals surface area contributed by atoms with Crippen molar-refractivity contribution < 1.29 is 5.11 Å². The van der Waals surface area contributed by atoms with Crippen molar-refractivity contribution in [1.82, 2.24) is 10.2 Å². The normalized spacial score (nSPS) is 11.7. The summed E-state index contributed by atoms with van der Waals surface area (Å²) in [5.41, 5.74) is 3.09. The van der Waals surface area contributed by atoms with Crippen LogP contribution in [0.4, 0.5) is 0 Å². The van der Waals surface area contributed by atoms with Crippen LogP contribution in [0.2, 0.25) is 0 Å². The topological polar surface area (TPSA) is 48.9 Å². The Morgan fingerprint density at radius 3 is 2.25 bits per heavy atom. The number of hydrogen-bond donors (Lipinski definition) is 2. The van der Waals surface area contributed by atoms with Gasteiger partial charge in [-0.3, -0.25) is 5.10 Å². The van der Waals surface area contributed by atoms with Gasteiger partial charge in [0.2, 0.25) is 0 Å². The molecule has 3 heteroatoms. The van der Waals surface area contributed by atoms with Crippen LogP contribution in [0, 0.1) is 0 Å². The first-order valence-electron chi connectivity index (χ1n) is 5.32. The molecule has 0 aliphatic heterocycles. The van der Waals surface area contributed by atoms with E-state index in [1.54, 1.807) is 12.1 Å². The molecule has 0 aliphatic rings. The number of aromatic hydroxyl groups is 1. The van der Waals surface area contributed by atoms with Crippen molar-refractivity contribution in [3.8, 4) is 17.0 Å². The van der Waals surface area contributed by atoms with Gasteiger partial charge in [0, 0.05) is 16.7 Å². The molecule has 2 aromatic rings. The molecule has 16 heavy (non-hydrogen) atoms. The SMILES string of the molecule is CC(C)(C)c1cc(-c2ccc(O)cc2)n[nH]1. The highest BCUT2D eigenvalue weighted by Crippen LogP contribution is 2.25. The molecule has 1 heterocycles. The van der Waals surface area contributed by atoms with Crippen molar-refractivity contribution in [3.63, 3.8) is 0 Å². The Morgan fingerprint density at radius 2 is 1.75 bits per heavy atom. The van der Waals surface area contributed by atoms with Crippen molar-refractivity contribution in [2.75, 3.05) is 0 Å². The van der Waals surface area contributed by atoms with Crippen LogP contribution in [0.3, 0.4) is 0 Å². The van der Waals surface area contributed by atoms with Crippen molar-refractivity contribution in [1.29, 1.82) is 0 Å². The van der Waals surface area contributed by atoms with Gasteiger partial charge in [-0.25, -0.2) is 0 Å². The van der Waals surface area contributed by atoms with Crippen molar-refractivity contribution in [2.24, 2.45) is 0 Å². The highest BCUT2D eigenvalue weighted by molar-refractivity contribution is 5.60. The minimum Gasteiger partial charge on any atom is -0.508 e. The number of rotatable bonds is 1. The molecule has 0 bridgehead atoms. The maximum Gasteiger partial charge on any atom is 0.115 e. The second-order valence-corrected chi connectivity index (χ2v) is 4.96. The lowest BCUT2D eigenvalue weighted by molar-refractivity contribution is 0.475. The molecule has 0 fully saturated rings. The van der Waals surface area contributed by atoms with Gasteiger partial charge < -0.3 is 5.11 Å². The van der Waals surface area contributed by atoms with E-state index in [1.165, 1.54) is 0 Å². The van der Waals surface area contributed by atoms with E-state index in [0.29, 0.717) is 0 Å². The highest BCUT2D eigenvalue weighted by atomic mass is 16.3. The predicted molar refractivity (Wildman–Crippen MR) is 64.4 cm³/mol. The maximum absolute atomic E-state index is 9.21. The fourth-order valence-electron chi connectivity index (χ4n) is 1.49.